The van der Waals surface area contributed by atoms with Crippen LogP contribution in [0.25, 0.3) is 122 Å². The van der Waals surface area contributed by atoms with Crippen molar-refractivity contribution in [2.45, 2.75) is 89.4 Å². The first-order chi connectivity index (χ1) is 74.4. The number of para-hydroxylation sites is 6. The Morgan fingerprint density at radius 3 is 0.789 bits per heavy atom. The van der Waals surface area contributed by atoms with E-state index >= 15 is 0 Å². The molecule has 4 aliphatic heterocycles. The number of fused-ring (bicyclic) bond motifs is 28. The molecule has 23 aromatic rings. The van der Waals surface area contributed by atoms with Gasteiger partial charge in [-0.2, -0.15) is 0 Å². The lowest BCUT2D eigenvalue weighted by molar-refractivity contribution is 0.590. The molecule has 698 valence electrons. The van der Waals surface area contributed by atoms with E-state index in [1.165, 1.54) is 66.8 Å². The second kappa shape index (κ2) is 32.0. The molecule has 0 saturated heterocycles. The molecule has 2 aromatic heterocycles. The van der Waals surface area contributed by atoms with Crippen LogP contribution < -0.4 is 36.0 Å². The molecule has 0 atom stereocenters. The lowest BCUT2D eigenvalue weighted by Gasteiger charge is -2.47. The summed E-state index contributed by atoms with van der Waals surface area (Å²) in [5.41, 5.74) is 36.1. The average molecular weight is 1890 g/mol. The van der Waals surface area contributed by atoms with Crippen LogP contribution in [0.15, 0.2) is 473 Å². The molecular formula is C140H105BN6. The minimum atomic E-state index is -1.22. The summed E-state index contributed by atoms with van der Waals surface area (Å²) in [4.78, 5) is 9.47. The van der Waals surface area contributed by atoms with Crippen LogP contribution in [0.1, 0.15) is 132 Å². The van der Waals surface area contributed by atoms with Crippen molar-refractivity contribution in [3.8, 4) is 78.1 Å². The molecular weight excluding hydrogens is 1780 g/mol. The summed E-state index contributed by atoms with van der Waals surface area (Å²) in [6.07, 6.45) is 0. The third-order valence-electron chi connectivity index (χ3n) is 32.5. The Kier molecular flexibility index (Phi) is 17.4. The van der Waals surface area contributed by atoms with Gasteiger partial charge in [-0.1, -0.05) is 402 Å². The number of hydrogen-bond acceptors (Lipinski definition) is 4. The quantitative estimate of drug-likeness (QED) is 0.127. The largest absolute Gasteiger partial charge is 0.310 e. The average Bonchev–Trinajstić information content (AvgIpc) is 1.61. The van der Waals surface area contributed by atoms with Gasteiger partial charge in [0.05, 0.1) is 75.2 Å². The van der Waals surface area contributed by atoms with E-state index in [0.29, 0.717) is 39.1 Å². The van der Waals surface area contributed by atoms with E-state index in [9.17, 15) is 8.22 Å². The topological polar surface area (TPSA) is 22.8 Å². The maximum atomic E-state index is 12.4. The van der Waals surface area contributed by atoms with Crippen molar-refractivity contribution in [3.63, 3.8) is 0 Å². The van der Waals surface area contributed by atoms with E-state index in [2.05, 4.69) is 516 Å². The first-order valence-corrected chi connectivity index (χ1v) is 51.5. The zero-order chi connectivity index (χ0) is 104. The van der Waals surface area contributed by atoms with Gasteiger partial charge in [0, 0.05) is 89.3 Å². The van der Waals surface area contributed by atoms with Crippen molar-refractivity contribution in [1.82, 2.24) is 9.13 Å². The van der Waals surface area contributed by atoms with Crippen LogP contribution in [0.2, 0.25) is 0 Å². The molecule has 0 fully saturated rings. The molecule has 0 unspecified atom stereocenters. The predicted octanol–water partition coefficient (Wildman–Crippen LogP) is 34.8. The van der Waals surface area contributed by atoms with E-state index in [0.717, 1.165) is 150 Å². The zero-order valence-corrected chi connectivity index (χ0v) is 83.3. The lowest BCUT2D eigenvalue weighted by Crippen LogP contribution is -2.61. The van der Waals surface area contributed by atoms with Crippen molar-refractivity contribution in [2.24, 2.45) is 0 Å². The minimum Gasteiger partial charge on any atom is -0.310 e. The molecule has 0 radical (unpaired) electrons. The highest BCUT2D eigenvalue weighted by Gasteiger charge is 2.55. The van der Waals surface area contributed by atoms with Crippen molar-refractivity contribution >= 4 is 135 Å². The lowest BCUT2D eigenvalue weighted by atomic mass is 9.33. The van der Waals surface area contributed by atoms with E-state index in [1.807, 2.05) is 12.1 Å². The number of anilines is 12. The van der Waals surface area contributed by atoms with Gasteiger partial charge in [0.1, 0.15) is 0 Å². The Morgan fingerprint density at radius 2 is 0.476 bits per heavy atom. The molecule has 6 nitrogen and oxygen atoms in total. The van der Waals surface area contributed by atoms with Crippen LogP contribution >= 0.6 is 0 Å². The molecule has 2 spiro atoms. The Hall–Kier alpha value is -17.5. The summed E-state index contributed by atoms with van der Waals surface area (Å²) >= 11 is 0. The van der Waals surface area contributed by atoms with Crippen molar-refractivity contribution in [1.29, 1.82) is 0 Å². The minimum absolute atomic E-state index is 0.0278. The Bertz CT molecular complexity index is 9010. The highest BCUT2D eigenvalue weighted by Crippen LogP contribution is 2.67. The Balaban J connectivity index is 0.727. The molecule has 29 rings (SSSR count). The van der Waals surface area contributed by atoms with Crippen LogP contribution in [0.4, 0.5) is 68.2 Å². The van der Waals surface area contributed by atoms with Crippen molar-refractivity contribution < 1.29 is 8.22 Å². The number of rotatable bonds is 10. The van der Waals surface area contributed by atoms with Crippen LogP contribution in [-0.2, 0) is 27.1 Å². The van der Waals surface area contributed by atoms with Gasteiger partial charge in [-0.3, -0.25) is 0 Å². The molecule has 6 aliphatic rings. The van der Waals surface area contributed by atoms with Crippen molar-refractivity contribution in [3.05, 3.63) is 534 Å². The van der Waals surface area contributed by atoms with Gasteiger partial charge >= 0.3 is 0 Å². The van der Waals surface area contributed by atoms with Crippen LogP contribution in [0.5, 0.6) is 0 Å². The maximum Gasteiger partial charge on any atom is 0.252 e. The molecule has 6 heterocycles. The third-order valence-corrected chi connectivity index (χ3v) is 32.5. The third kappa shape index (κ3) is 12.4. The normalized spacial score (nSPS) is 14.6. The van der Waals surface area contributed by atoms with Gasteiger partial charge in [0.25, 0.3) is 6.71 Å². The molecule has 147 heavy (non-hydrogen) atoms. The SMILES string of the molecule is [2H]c1c([2H])c(-n2c3ccccc3c3cc(N4c5ccccc5C5(c6ccccc6-c6ccccc65)c5ccccc54)ccc32)c([2H])c2c1B1c3c(cc(C(C)(C)C)cc3N(c3c(-c4ccccc4)cc(C(C)(C)C)cc3-c3ccccc3)c3c([2H])c(-n4c5ccccc5c5cc(N6c7ccccc7C7(c8ccccc8-c8ccccc87)c7ccccc76)ccc54)c([2H])c([2H])c31)N2c1c(-c2ccccc2)cc(C(C)(C)C)cc1-c1ccccc1. The number of nitrogens with zero attached hydrogens (tertiary/aromatic N) is 6. The fourth-order valence-corrected chi connectivity index (χ4v) is 26.0. The predicted molar refractivity (Wildman–Crippen MR) is 618 cm³/mol. The molecule has 2 aliphatic carbocycles. The molecule has 0 saturated carbocycles. The fourth-order valence-electron chi connectivity index (χ4n) is 26.0. The molecule has 7 heteroatoms. The Morgan fingerprint density at radius 1 is 0.211 bits per heavy atom. The first kappa shape index (κ1) is 80.0. The van der Waals surface area contributed by atoms with Gasteiger partial charge in [-0.25, -0.2) is 0 Å². The van der Waals surface area contributed by atoms with Gasteiger partial charge in [-0.05, 0) is 272 Å². The smallest absolute Gasteiger partial charge is 0.252 e. The molecule has 0 bridgehead atoms. The summed E-state index contributed by atoms with van der Waals surface area (Å²) in [5, 5.41) is 3.55. The van der Waals surface area contributed by atoms with E-state index in [-0.39, 0.29) is 47.6 Å². The van der Waals surface area contributed by atoms with Gasteiger partial charge in [-0.15, -0.1) is 0 Å². The monoisotopic (exact) mass is 1890 g/mol. The maximum absolute atomic E-state index is 12.4. The van der Waals surface area contributed by atoms with E-state index in [4.69, 9.17) is 0 Å². The second-order valence-electron chi connectivity index (χ2n) is 43.6. The first-order valence-electron chi connectivity index (χ1n) is 54.5. The summed E-state index contributed by atoms with van der Waals surface area (Å²) in [6.45, 7) is 19.2. The number of hydrogen-bond donors (Lipinski definition) is 0. The summed E-state index contributed by atoms with van der Waals surface area (Å²) in [5.74, 6) is 0. The van der Waals surface area contributed by atoms with Gasteiger partial charge in [0.2, 0.25) is 0 Å². The Labute approximate surface area is 867 Å². The summed E-state index contributed by atoms with van der Waals surface area (Å²) in [6, 6.07) is 157. The number of benzene rings is 21. The zero-order valence-electron chi connectivity index (χ0n) is 89.3. The van der Waals surface area contributed by atoms with E-state index in [1.54, 1.807) is 0 Å². The standard InChI is InChI=1S/C140H105BN6/c1-136(2,3)92-78-105(88-42-14-10-15-43-88)134(106(79-92)89-44-16-11-17-45-89)146-129-86-97(142-121-64-36-26-54-103(121)109-84-95(72-76-123(109)142)144-125-66-38-32-60-115(125)139(116-61-33-39-67-126(116)144)111-56-28-22-50-99(111)100-51-23-29-57-112(100)139)70-74-119(129)141-120-75-71-98(87-130(120)147(132-83-94(138(7,8)9)82-131(146)133(132)141)135-107(90-46-18-12-19-47-90)80-93(137(4,5)6)81-108(135)91-48-20-13-21-49-91)143-122-65-37-27-55-104(122)110-85-96(73-77-124(110)143)145-127-68-40-34-62-117(127)140(118-63-35-41-69-128(118)145)113-58-30-24-52-101(113)102-53-25-31-59-114(102)140/h10-87H,1-9H3/i70D,71D,74D,75D,86D,87D. The molecule has 21 aromatic carbocycles. The van der Waals surface area contributed by atoms with Gasteiger partial charge < -0.3 is 28.7 Å². The summed E-state index contributed by atoms with van der Waals surface area (Å²) in [7, 11) is 0. The van der Waals surface area contributed by atoms with Gasteiger partial charge in [0.15, 0.2) is 0 Å². The second-order valence-corrected chi connectivity index (χ2v) is 43.6. The van der Waals surface area contributed by atoms with Crippen molar-refractivity contribution in [2.75, 3.05) is 19.6 Å². The molecule has 0 N–H and O–H groups in total. The highest BCUT2D eigenvalue weighted by atomic mass is 15.2. The summed E-state index contributed by atoms with van der Waals surface area (Å²) < 4.78 is 76.3. The number of aromatic nitrogens is 2. The van der Waals surface area contributed by atoms with Crippen LogP contribution in [-0.4, -0.2) is 15.8 Å². The van der Waals surface area contributed by atoms with E-state index < -0.39 is 33.8 Å². The highest BCUT2D eigenvalue weighted by molar-refractivity contribution is 7.00. The van der Waals surface area contributed by atoms with Crippen LogP contribution in [0.3, 0.4) is 0 Å². The fraction of sp³-hybridized carbons (Fsp3) is 0.100. The van der Waals surface area contributed by atoms with Crippen LogP contribution in [0, 0.1) is 0 Å². The molecule has 0 amide bonds.